The Hall–Kier alpha value is -3.71. The summed E-state index contributed by atoms with van der Waals surface area (Å²) < 4.78 is 19.0. The monoisotopic (exact) mass is 417 g/mol. The third-order valence-corrected chi connectivity index (χ3v) is 5.50. The van der Waals surface area contributed by atoms with E-state index in [9.17, 15) is 14.0 Å². The second-order valence-corrected chi connectivity index (χ2v) is 7.51. The maximum Gasteiger partial charge on any atom is 0.255 e. The van der Waals surface area contributed by atoms with Gasteiger partial charge in [-0.3, -0.25) is 9.59 Å². The Bertz CT molecular complexity index is 1360. The Labute approximate surface area is 177 Å². The minimum Gasteiger partial charge on any atom is -0.378 e. The van der Waals surface area contributed by atoms with Crippen molar-refractivity contribution in [3.8, 4) is 0 Å². The molecule has 0 radical (unpaired) electrons. The van der Waals surface area contributed by atoms with Crippen molar-refractivity contribution >= 4 is 39.1 Å². The normalized spacial score (nSPS) is 14.2. The maximum atomic E-state index is 13.6. The summed E-state index contributed by atoms with van der Waals surface area (Å²) in [5.74, 6) is -0.800. The Kier molecular flexibility index (Phi) is 4.88. The molecule has 1 amide bonds. The van der Waals surface area contributed by atoms with Crippen LogP contribution in [0.5, 0.6) is 0 Å². The number of H-pyrrole nitrogens is 1. The van der Waals surface area contributed by atoms with E-state index in [1.54, 1.807) is 18.2 Å². The average molecular weight is 417 g/mol. The fraction of sp³-hybridized carbons (Fsp3) is 0.167. The Morgan fingerprint density at radius 1 is 0.968 bits per heavy atom. The summed E-state index contributed by atoms with van der Waals surface area (Å²) >= 11 is 0. The van der Waals surface area contributed by atoms with Crippen molar-refractivity contribution in [2.45, 2.75) is 0 Å². The smallest absolute Gasteiger partial charge is 0.255 e. The van der Waals surface area contributed by atoms with Crippen LogP contribution in [0.3, 0.4) is 0 Å². The number of hydrogen-bond donors (Lipinski definition) is 2. The van der Waals surface area contributed by atoms with Gasteiger partial charge < -0.3 is 19.9 Å². The zero-order valence-corrected chi connectivity index (χ0v) is 16.7. The molecule has 6 nitrogen and oxygen atoms in total. The highest BCUT2D eigenvalue weighted by molar-refractivity contribution is 6.07. The number of benzene rings is 3. The predicted molar refractivity (Wildman–Crippen MR) is 119 cm³/mol. The maximum absolute atomic E-state index is 13.6. The molecule has 1 saturated heterocycles. The van der Waals surface area contributed by atoms with Crippen LogP contribution in [-0.4, -0.2) is 37.2 Å². The van der Waals surface area contributed by atoms with Gasteiger partial charge in [-0.1, -0.05) is 6.07 Å². The summed E-state index contributed by atoms with van der Waals surface area (Å²) in [7, 11) is 0. The molecule has 4 aromatic rings. The third kappa shape index (κ3) is 3.75. The van der Waals surface area contributed by atoms with Crippen LogP contribution < -0.4 is 15.6 Å². The van der Waals surface area contributed by atoms with E-state index in [-0.39, 0.29) is 16.7 Å². The van der Waals surface area contributed by atoms with Gasteiger partial charge in [0.05, 0.1) is 13.2 Å². The highest BCUT2D eigenvalue weighted by atomic mass is 19.1. The molecular formula is C24H20FN3O3. The van der Waals surface area contributed by atoms with Crippen LogP contribution >= 0.6 is 0 Å². The first-order valence-electron chi connectivity index (χ1n) is 10.1. The predicted octanol–water partition coefficient (Wildman–Crippen LogP) is 3.91. The van der Waals surface area contributed by atoms with Gasteiger partial charge in [0.2, 0.25) is 0 Å². The van der Waals surface area contributed by atoms with Gasteiger partial charge >= 0.3 is 0 Å². The number of halogens is 1. The number of nitrogens with one attached hydrogen (secondary N) is 2. The molecule has 3 aromatic carbocycles. The molecule has 1 aliphatic rings. The van der Waals surface area contributed by atoms with E-state index < -0.39 is 5.82 Å². The highest BCUT2D eigenvalue weighted by Gasteiger charge is 2.14. The second kappa shape index (κ2) is 7.85. The number of aromatic nitrogens is 1. The number of carbonyl (C=O) groups is 1. The highest BCUT2D eigenvalue weighted by Crippen LogP contribution is 2.22. The molecule has 0 spiro atoms. The lowest BCUT2D eigenvalue weighted by molar-refractivity contribution is 0.102. The van der Waals surface area contributed by atoms with Gasteiger partial charge in [-0.15, -0.1) is 0 Å². The van der Waals surface area contributed by atoms with E-state index in [1.807, 2.05) is 24.3 Å². The molecule has 1 aromatic heterocycles. The lowest BCUT2D eigenvalue weighted by Gasteiger charge is -2.29. The minimum absolute atomic E-state index is 0.253. The number of hydrogen-bond acceptors (Lipinski definition) is 4. The first kappa shape index (κ1) is 19.3. The lowest BCUT2D eigenvalue weighted by Crippen LogP contribution is -2.36. The Morgan fingerprint density at radius 2 is 1.71 bits per heavy atom. The quantitative estimate of drug-likeness (QED) is 0.496. The molecule has 2 N–H and O–H groups in total. The van der Waals surface area contributed by atoms with Crippen LogP contribution in [0, 0.1) is 5.82 Å². The molecule has 5 rings (SSSR count). The van der Waals surface area contributed by atoms with Gasteiger partial charge in [-0.25, -0.2) is 4.39 Å². The largest absolute Gasteiger partial charge is 0.378 e. The standard InChI is InChI=1S/C24H20FN3O3/c25-16-5-7-22-20(13-16)23(29)19-12-15(4-6-21(19)27-22)24(30)26-17-2-1-3-18(14-17)28-8-10-31-11-9-28/h1-7,12-14H,8-11H2,(H,26,30)(H,27,29). The van der Waals surface area contributed by atoms with Crippen molar-refractivity contribution in [3.05, 3.63) is 82.3 Å². The summed E-state index contributed by atoms with van der Waals surface area (Å²) in [4.78, 5) is 31.0. The van der Waals surface area contributed by atoms with Gasteiger partial charge in [0.25, 0.3) is 5.91 Å². The number of aromatic amines is 1. The number of fused-ring (bicyclic) bond motifs is 2. The van der Waals surface area contributed by atoms with Gasteiger partial charge in [0.15, 0.2) is 5.43 Å². The van der Waals surface area contributed by atoms with Gasteiger partial charge in [0, 0.05) is 51.8 Å². The number of pyridine rings is 1. The summed E-state index contributed by atoms with van der Waals surface area (Å²) in [6.07, 6.45) is 0. The zero-order valence-electron chi connectivity index (χ0n) is 16.7. The number of anilines is 2. The van der Waals surface area contributed by atoms with E-state index in [0.29, 0.717) is 40.9 Å². The fourth-order valence-electron chi connectivity index (χ4n) is 3.89. The Balaban J connectivity index is 1.45. The van der Waals surface area contributed by atoms with E-state index in [0.717, 1.165) is 18.8 Å². The van der Waals surface area contributed by atoms with E-state index >= 15 is 0 Å². The van der Waals surface area contributed by atoms with Crippen molar-refractivity contribution in [3.63, 3.8) is 0 Å². The summed E-state index contributed by atoms with van der Waals surface area (Å²) in [6.45, 7) is 2.97. The molecule has 0 aliphatic carbocycles. The molecular weight excluding hydrogens is 397 g/mol. The van der Waals surface area contributed by atoms with Crippen molar-refractivity contribution in [2.75, 3.05) is 36.5 Å². The number of morpholine rings is 1. The van der Waals surface area contributed by atoms with Crippen LogP contribution in [0.25, 0.3) is 21.8 Å². The number of amides is 1. The molecule has 0 saturated carbocycles. The lowest BCUT2D eigenvalue weighted by atomic mass is 10.1. The van der Waals surface area contributed by atoms with Crippen molar-refractivity contribution in [1.82, 2.24) is 4.98 Å². The number of rotatable bonds is 3. The van der Waals surface area contributed by atoms with Gasteiger partial charge in [-0.05, 0) is 54.6 Å². The summed E-state index contributed by atoms with van der Waals surface area (Å²) in [5, 5.41) is 3.49. The third-order valence-electron chi connectivity index (χ3n) is 5.50. The molecule has 0 bridgehead atoms. The van der Waals surface area contributed by atoms with Crippen LogP contribution in [0.2, 0.25) is 0 Å². The molecule has 2 heterocycles. The molecule has 1 aliphatic heterocycles. The topological polar surface area (TPSA) is 74.4 Å². The van der Waals surface area contributed by atoms with Crippen LogP contribution in [0.15, 0.2) is 65.5 Å². The number of ether oxygens (including phenoxy) is 1. The zero-order chi connectivity index (χ0) is 21.4. The summed E-state index contributed by atoms with van der Waals surface area (Å²) in [6, 6.07) is 16.6. The average Bonchev–Trinajstić information content (AvgIpc) is 2.80. The minimum atomic E-state index is -0.480. The molecule has 0 unspecified atom stereocenters. The van der Waals surface area contributed by atoms with Crippen LogP contribution in [0.1, 0.15) is 10.4 Å². The van der Waals surface area contributed by atoms with Crippen molar-refractivity contribution in [2.24, 2.45) is 0 Å². The molecule has 1 fully saturated rings. The van der Waals surface area contributed by atoms with E-state index in [1.165, 1.54) is 18.2 Å². The first-order chi connectivity index (χ1) is 15.1. The van der Waals surface area contributed by atoms with Crippen molar-refractivity contribution in [1.29, 1.82) is 0 Å². The van der Waals surface area contributed by atoms with Crippen molar-refractivity contribution < 1.29 is 13.9 Å². The molecule has 156 valence electrons. The van der Waals surface area contributed by atoms with Crippen LogP contribution in [-0.2, 0) is 4.74 Å². The van der Waals surface area contributed by atoms with E-state index in [2.05, 4.69) is 15.2 Å². The molecule has 0 atom stereocenters. The van der Waals surface area contributed by atoms with Crippen LogP contribution in [0.4, 0.5) is 15.8 Å². The van der Waals surface area contributed by atoms with Gasteiger partial charge in [-0.2, -0.15) is 0 Å². The summed E-state index contributed by atoms with van der Waals surface area (Å²) in [5.41, 5.74) is 2.87. The molecule has 7 heteroatoms. The molecule has 31 heavy (non-hydrogen) atoms. The Morgan fingerprint density at radius 3 is 2.52 bits per heavy atom. The number of carbonyl (C=O) groups excluding carboxylic acids is 1. The van der Waals surface area contributed by atoms with E-state index in [4.69, 9.17) is 4.74 Å². The second-order valence-electron chi connectivity index (χ2n) is 7.51. The first-order valence-corrected chi connectivity index (χ1v) is 10.1. The number of nitrogens with zero attached hydrogens (tertiary/aromatic N) is 1. The van der Waals surface area contributed by atoms with Gasteiger partial charge in [0.1, 0.15) is 5.82 Å². The SMILES string of the molecule is O=C(Nc1cccc(N2CCOCC2)c1)c1ccc2[nH]c3ccc(F)cc3c(=O)c2c1. The fourth-order valence-corrected chi connectivity index (χ4v) is 3.89.